The SMILES string of the molecule is CC(C)(C)CC(N)c1cccc2c1OCCC2. The normalized spacial score (nSPS) is 17.2. The van der Waals surface area contributed by atoms with Gasteiger partial charge >= 0.3 is 0 Å². The number of nitrogens with two attached hydrogens (primary N) is 1. The third kappa shape index (κ3) is 3.01. The van der Waals surface area contributed by atoms with Crippen molar-refractivity contribution in [3.05, 3.63) is 29.3 Å². The molecule has 1 unspecified atom stereocenters. The van der Waals surface area contributed by atoms with Crippen molar-refractivity contribution in [2.75, 3.05) is 6.61 Å². The van der Waals surface area contributed by atoms with E-state index in [1.165, 1.54) is 11.1 Å². The molecule has 0 aromatic heterocycles. The third-order valence-corrected chi connectivity index (χ3v) is 3.20. The molecule has 2 N–H and O–H groups in total. The topological polar surface area (TPSA) is 35.2 Å². The maximum Gasteiger partial charge on any atom is 0.127 e. The van der Waals surface area contributed by atoms with Gasteiger partial charge in [-0.1, -0.05) is 39.0 Å². The summed E-state index contributed by atoms with van der Waals surface area (Å²) >= 11 is 0. The molecule has 1 aromatic rings. The van der Waals surface area contributed by atoms with Gasteiger partial charge in [0.2, 0.25) is 0 Å². The molecular formula is C15H23NO. The van der Waals surface area contributed by atoms with Crippen LogP contribution in [-0.2, 0) is 6.42 Å². The largest absolute Gasteiger partial charge is 0.493 e. The molecule has 94 valence electrons. The van der Waals surface area contributed by atoms with Crippen LogP contribution < -0.4 is 10.5 Å². The van der Waals surface area contributed by atoms with E-state index >= 15 is 0 Å². The molecule has 1 aromatic carbocycles. The molecule has 0 aliphatic carbocycles. The Morgan fingerprint density at radius 2 is 2.12 bits per heavy atom. The lowest BCUT2D eigenvalue weighted by molar-refractivity contribution is 0.277. The highest BCUT2D eigenvalue weighted by molar-refractivity contribution is 5.44. The number of hydrogen-bond acceptors (Lipinski definition) is 2. The van der Waals surface area contributed by atoms with E-state index in [0.717, 1.165) is 31.6 Å². The first-order chi connectivity index (χ1) is 7.97. The van der Waals surface area contributed by atoms with Crippen molar-refractivity contribution in [2.45, 2.75) is 46.1 Å². The van der Waals surface area contributed by atoms with Gasteiger partial charge in [-0.2, -0.15) is 0 Å². The summed E-state index contributed by atoms with van der Waals surface area (Å²) in [4.78, 5) is 0. The van der Waals surface area contributed by atoms with Gasteiger partial charge in [0.15, 0.2) is 0 Å². The molecular weight excluding hydrogens is 210 g/mol. The Labute approximate surface area is 104 Å². The van der Waals surface area contributed by atoms with E-state index in [-0.39, 0.29) is 11.5 Å². The van der Waals surface area contributed by atoms with Crippen molar-refractivity contribution in [2.24, 2.45) is 11.1 Å². The van der Waals surface area contributed by atoms with Crippen LogP contribution in [0.1, 0.15) is 50.8 Å². The van der Waals surface area contributed by atoms with Crippen LogP contribution in [-0.4, -0.2) is 6.61 Å². The lowest BCUT2D eigenvalue weighted by atomic mass is 9.85. The van der Waals surface area contributed by atoms with Gasteiger partial charge < -0.3 is 10.5 Å². The number of para-hydroxylation sites is 1. The minimum absolute atomic E-state index is 0.0723. The molecule has 0 saturated carbocycles. The summed E-state index contributed by atoms with van der Waals surface area (Å²) in [5.74, 6) is 1.05. The van der Waals surface area contributed by atoms with Gasteiger partial charge in [-0.15, -0.1) is 0 Å². The Morgan fingerprint density at radius 3 is 2.82 bits per heavy atom. The fourth-order valence-electron chi connectivity index (χ4n) is 2.48. The monoisotopic (exact) mass is 233 g/mol. The number of hydrogen-bond donors (Lipinski definition) is 1. The Balaban J connectivity index is 2.26. The van der Waals surface area contributed by atoms with Crippen molar-refractivity contribution in [3.8, 4) is 5.75 Å². The standard InChI is InChI=1S/C15H23NO/c1-15(2,3)10-13(16)12-8-4-6-11-7-5-9-17-14(11)12/h4,6,8,13H,5,7,9-10,16H2,1-3H3. The number of benzene rings is 1. The smallest absolute Gasteiger partial charge is 0.127 e. The van der Waals surface area contributed by atoms with Crippen LogP contribution in [0.15, 0.2) is 18.2 Å². The molecule has 2 nitrogen and oxygen atoms in total. The third-order valence-electron chi connectivity index (χ3n) is 3.20. The van der Waals surface area contributed by atoms with Crippen molar-refractivity contribution in [1.82, 2.24) is 0 Å². The first kappa shape index (κ1) is 12.4. The second-order valence-corrected chi connectivity index (χ2v) is 6.16. The summed E-state index contributed by atoms with van der Waals surface area (Å²) in [6.45, 7) is 7.50. The zero-order valence-electron chi connectivity index (χ0n) is 11.1. The van der Waals surface area contributed by atoms with Gasteiger partial charge in [0.25, 0.3) is 0 Å². The number of rotatable bonds is 2. The molecule has 17 heavy (non-hydrogen) atoms. The van der Waals surface area contributed by atoms with Crippen LogP contribution in [0.2, 0.25) is 0 Å². The molecule has 0 radical (unpaired) electrons. The maximum atomic E-state index is 6.33. The second-order valence-electron chi connectivity index (χ2n) is 6.16. The van der Waals surface area contributed by atoms with Crippen LogP contribution in [0.4, 0.5) is 0 Å². The Kier molecular flexibility index (Phi) is 3.43. The average molecular weight is 233 g/mol. The number of ether oxygens (including phenoxy) is 1. The van der Waals surface area contributed by atoms with Gasteiger partial charge in [-0.3, -0.25) is 0 Å². The molecule has 0 spiro atoms. The minimum atomic E-state index is 0.0723. The van der Waals surface area contributed by atoms with Crippen molar-refractivity contribution in [1.29, 1.82) is 0 Å². The van der Waals surface area contributed by atoms with Crippen molar-refractivity contribution in [3.63, 3.8) is 0 Å². The molecule has 1 aliphatic heterocycles. The van der Waals surface area contributed by atoms with E-state index in [0.29, 0.717) is 0 Å². The minimum Gasteiger partial charge on any atom is -0.493 e. The van der Waals surface area contributed by atoms with Gasteiger partial charge in [-0.25, -0.2) is 0 Å². The van der Waals surface area contributed by atoms with E-state index < -0.39 is 0 Å². The molecule has 2 rings (SSSR count). The summed E-state index contributed by atoms with van der Waals surface area (Å²) in [6.07, 6.45) is 3.21. The zero-order valence-corrected chi connectivity index (χ0v) is 11.1. The highest BCUT2D eigenvalue weighted by Crippen LogP contribution is 2.36. The predicted octanol–water partition coefficient (Wildman–Crippen LogP) is 3.45. The fourth-order valence-corrected chi connectivity index (χ4v) is 2.48. The summed E-state index contributed by atoms with van der Waals surface area (Å²) in [5, 5.41) is 0. The van der Waals surface area contributed by atoms with Crippen LogP contribution >= 0.6 is 0 Å². The molecule has 1 heterocycles. The highest BCUT2D eigenvalue weighted by Gasteiger charge is 2.22. The van der Waals surface area contributed by atoms with Gasteiger partial charge in [-0.05, 0) is 30.2 Å². The second kappa shape index (κ2) is 4.69. The van der Waals surface area contributed by atoms with Gasteiger partial charge in [0, 0.05) is 11.6 Å². The predicted molar refractivity (Wildman–Crippen MR) is 71.3 cm³/mol. The molecule has 0 fully saturated rings. The van der Waals surface area contributed by atoms with Crippen LogP contribution in [0.25, 0.3) is 0 Å². The maximum absolute atomic E-state index is 6.33. The molecule has 1 atom stereocenters. The van der Waals surface area contributed by atoms with Gasteiger partial charge in [0.1, 0.15) is 5.75 Å². The zero-order chi connectivity index (χ0) is 12.5. The van der Waals surface area contributed by atoms with Crippen molar-refractivity contribution >= 4 is 0 Å². The summed E-state index contributed by atoms with van der Waals surface area (Å²) in [7, 11) is 0. The van der Waals surface area contributed by atoms with Crippen LogP contribution in [0, 0.1) is 5.41 Å². The Morgan fingerprint density at radius 1 is 1.35 bits per heavy atom. The summed E-state index contributed by atoms with van der Waals surface area (Å²) < 4.78 is 5.81. The molecule has 2 heteroatoms. The van der Waals surface area contributed by atoms with E-state index in [9.17, 15) is 0 Å². The average Bonchev–Trinajstić information content (AvgIpc) is 2.26. The molecule has 0 amide bonds. The molecule has 1 aliphatic rings. The molecule has 0 saturated heterocycles. The number of aryl methyl sites for hydroxylation is 1. The van der Waals surface area contributed by atoms with E-state index in [4.69, 9.17) is 10.5 Å². The first-order valence-corrected chi connectivity index (χ1v) is 6.47. The van der Waals surface area contributed by atoms with E-state index in [2.05, 4.69) is 39.0 Å². The Hall–Kier alpha value is -1.02. The quantitative estimate of drug-likeness (QED) is 0.849. The van der Waals surface area contributed by atoms with Gasteiger partial charge in [0.05, 0.1) is 6.61 Å². The lowest BCUT2D eigenvalue weighted by Crippen LogP contribution is -2.21. The number of fused-ring (bicyclic) bond motifs is 1. The Bertz CT molecular complexity index is 392. The van der Waals surface area contributed by atoms with Crippen LogP contribution in [0.5, 0.6) is 5.75 Å². The molecule has 0 bridgehead atoms. The summed E-state index contributed by atoms with van der Waals surface area (Å²) in [6, 6.07) is 6.44. The summed E-state index contributed by atoms with van der Waals surface area (Å²) in [5.41, 5.74) is 9.07. The fraction of sp³-hybridized carbons (Fsp3) is 0.600. The lowest BCUT2D eigenvalue weighted by Gasteiger charge is -2.27. The van der Waals surface area contributed by atoms with Crippen LogP contribution in [0.3, 0.4) is 0 Å². The first-order valence-electron chi connectivity index (χ1n) is 6.47. The van der Waals surface area contributed by atoms with E-state index in [1.807, 2.05) is 0 Å². The van der Waals surface area contributed by atoms with E-state index in [1.54, 1.807) is 0 Å². The van der Waals surface area contributed by atoms with Crippen molar-refractivity contribution < 1.29 is 4.74 Å². The highest BCUT2D eigenvalue weighted by atomic mass is 16.5.